The summed E-state index contributed by atoms with van der Waals surface area (Å²) >= 11 is 0. The Bertz CT molecular complexity index is 1350. The number of nitrogens with zero attached hydrogens (tertiary/aromatic N) is 3. The number of aromatic nitrogens is 2. The molecule has 0 radical (unpaired) electrons. The van der Waals surface area contributed by atoms with Crippen LogP contribution in [0.15, 0.2) is 58.4 Å². The number of aryl methyl sites for hydroxylation is 1. The highest BCUT2D eigenvalue weighted by Gasteiger charge is 2.28. The molecule has 0 amide bonds. The number of sulfonamides is 1. The van der Waals surface area contributed by atoms with Crippen LogP contribution in [0.1, 0.15) is 40.2 Å². The van der Waals surface area contributed by atoms with Crippen molar-refractivity contribution in [1.82, 2.24) is 13.4 Å². The molecule has 0 aliphatic carbocycles. The molecule has 8 nitrogen and oxygen atoms in total. The van der Waals surface area contributed by atoms with Crippen molar-refractivity contribution < 1.29 is 18.3 Å². The first-order valence-electron chi connectivity index (χ1n) is 10.9. The molecule has 0 bridgehead atoms. The topological polar surface area (TPSA) is 102 Å². The van der Waals surface area contributed by atoms with Crippen LogP contribution < -0.4 is 5.56 Å². The Kier molecular flexibility index (Phi) is 6.27. The summed E-state index contributed by atoms with van der Waals surface area (Å²) < 4.78 is 30.3. The van der Waals surface area contributed by atoms with Gasteiger partial charge in [-0.1, -0.05) is 12.1 Å². The minimum atomic E-state index is -3.69. The number of ketones is 1. The number of phenolic OH excluding ortho intramolecular Hbond substituents is 1. The van der Waals surface area contributed by atoms with Crippen molar-refractivity contribution in [2.75, 3.05) is 13.1 Å². The lowest BCUT2D eigenvalue weighted by molar-refractivity contribution is 0.0969. The highest BCUT2D eigenvalue weighted by molar-refractivity contribution is 7.89. The van der Waals surface area contributed by atoms with Crippen molar-refractivity contribution in [3.63, 3.8) is 0 Å². The molecule has 174 valence electrons. The first-order chi connectivity index (χ1) is 15.7. The summed E-state index contributed by atoms with van der Waals surface area (Å²) in [6, 6.07) is 11.2. The van der Waals surface area contributed by atoms with Crippen LogP contribution in [0.25, 0.3) is 0 Å². The average molecular weight is 470 g/mol. The van der Waals surface area contributed by atoms with Gasteiger partial charge in [-0.15, -0.1) is 0 Å². The van der Waals surface area contributed by atoms with Crippen molar-refractivity contribution in [1.29, 1.82) is 0 Å². The molecule has 0 spiro atoms. The van der Waals surface area contributed by atoms with E-state index in [4.69, 9.17) is 0 Å². The summed E-state index contributed by atoms with van der Waals surface area (Å²) in [4.78, 5) is 25.5. The van der Waals surface area contributed by atoms with E-state index in [1.54, 1.807) is 18.2 Å². The van der Waals surface area contributed by atoms with Gasteiger partial charge >= 0.3 is 0 Å². The Morgan fingerprint density at radius 1 is 1.03 bits per heavy atom. The van der Waals surface area contributed by atoms with Gasteiger partial charge in [-0.2, -0.15) is 4.31 Å². The molecule has 33 heavy (non-hydrogen) atoms. The molecule has 1 aliphatic rings. The lowest BCUT2D eigenvalue weighted by atomic mass is 10.1. The number of phenols is 1. The third kappa shape index (κ3) is 4.65. The van der Waals surface area contributed by atoms with Gasteiger partial charge in [-0.3, -0.25) is 9.59 Å². The predicted molar refractivity (Wildman–Crippen MR) is 124 cm³/mol. The number of benzene rings is 1. The molecule has 3 aromatic rings. The van der Waals surface area contributed by atoms with Crippen molar-refractivity contribution >= 4 is 15.8 Å². The van der Waals surface area contributed by atoms with Gasteiger partial charge in [0.25, 0.3) is 5.56 Å². The van der Waals surface area contributed by atoms with Gasteiger partial charge in [-0.05, 0) is 56.5 Å². The zero-order chi connectivity index (χ0) is 23.8. The van der Waals surface area contributed by atoms with Gasteiger partial charge in [0.1, 0.15) is 5.75 Å². The van der Waals surface area contributed by atoms with Crippen LogP contribution in [0.4, 0.5) is 0 Å². The van der Waals surface area contributed by atoms with Crippen LogP contribution in [0, 0.1) is 13.8 Å². The third-order valence-corrected chi connectivity index (χ3v) is 8.01. The van der Waals surface area contributed by atoms with Gasteiger partial charge in [0.05, 0.1) is 11.4 Å². The fourth-order valence-corrected chi connectivity index (χ4v) is 5.75. The summed E-state index contributed by atoms with van der Waals surface area (Å²) in [6.07, 6.45) is 2.90. The summed E-state index contributed by atoms with van der Waals surface area (Å²) in [7, 11) is -3.69. The minimum absolute atomic E-state index is 0.0228. The van der Waals surface area contributed by atoms with E-state index in [0.29, 0.717) is 25.2 Å². The van der Waals surface area contributed by atoms with E-state index in [1.165, 1.54) is 22.6 Å². The number of carbonyl (C=O) groups excluding carboxylic acids is 1. The molecule has 1 aromatic carbocycles. The average Bonchev–Trinajstić information content (AvgIpc) is 3.42. The lowest BCUT2D eigenvalue weighted by Gasteiger charge is -2.16. The third-order valence-electron chi connectivity index (χ3n) is 6.12. The quantitative estimate of drug-likeness (QED) is 0.536. The summed E-state index contributed by atoms with van der Waals surface area (Å²) in [5.41, 5.74) is 2.69. The molecule has 0 saturated carbocycles. The van der Waals surface area contributed by atoms with E-state index >= 15 is 0 Å². The van der Waals surface area contributed by atoms with Crippen LogP contribution >= 0.6 is 0 Å². The number of rotatable bonds is 7. The van der Waals surface area contributed by atoms with Crippen LogP contribution in [-0.4, -0.2) is 45.8 Å². The van der Waals surface area contributed by atoms with Crippen LogP contribution in [0.5, 0.6) is 5.75 Å². The number of carbonyl (C=O) groups is 1. The van der Waals surface area contributed by atoms with Gasteiger partial charge in [0.15, 0.2) is 5.78 Å². The summed E-state index contributed by atoms with van der Waals surface area (Å²) in [5.74, 6) is -0.0761. The Morgan fingerprint density at radius 3 is 2.36 bits per heavy atom. The van der Waals surface area contributed by atoms with E-state index in [9.17, 15) is 23.1 Å². The number of Topliss-reactive ketones (excluding diaryl/α,β-unsaturated/α-hetero) is 1. The Morgan fingerprint density at radius 2 is 1.70 bits per heavy atom. The van der Waals surface area contributed by atoms with E-state index < -0.39 is 15.6 Å². The second-order valence-corrected chi connectivity index (χ2v) is 10.3. The van der Waals surface area contributed by atoms with E-state index in [2.05, 4.69) is 0 Å². The van der Waals surface area contributed by atoms with Crippen LogP contribution in [0.2, 0.25) is 0 Å². The molecular weight excluding hydrogens is 442 g/mol. The number of hydrogen-bond acceptors (Lipinski definition) is 5. The normalized spacial score (nSPS) is 14.6. The SMILES string of the molecule is Cc1cc(C(=O)Cn2cc(S(=O)(=O)N3CCCC3)ccc2=O)c(C)n1Cc1ccc(O)cc1. The Balaban J connectivity index is 1.59. The lowest BCUT2D eigenvalue weighted by Crippen LogP contribution is -2.30. The first-order valence-corrected chi connectivity index (χ1v) is 12.3. The first kappa shape index (κ1) is 23.0. The molecule has 1 saturated heterocycles. The fourth-order valence-electron chi connectivity index (χ4n) is 4.21. The maximum Gasteiger partial charge on any atom is 0.251 e. The summed E-state index contributed by atoms with van der Waals surface area (Å²) in [5, 5.41) is 9.48. The van der Waals surface area contributed by atoms with Gasteiger partial charge in [0, 0.05) is 48.8 Å². The zero-order valence-corrected chi connectivity index (χ0v) is 19.5. The van der Waals surface area contributed by atoms with Crippen LogP contribution in [0.3, 0.4) is 0 Å². The van der Waals surface area contributed by atoms with E-state index in [-0.39, 0.29) is 23.0 Å². The van der Waals surface area contributed by atoms with Gasteiger partial charge in [-0.25, -0.2) is 8.42 Å². The molecule has 3 heterocycles. The molecule has 0 atom stereocenters. The van der Waals surface area contributed by atoms with Crippen molar-refractivity contribution in [2.45, 2.75) is 44.7 Å². The standard InChI is InChI=1S/C24H27N3O5S/c1-17-13-22(18(2)27(17)14-19-5-7-20(28)8-6-19)23(29)16-25-15-21(9-10-24(25)30)33(31,32)26-11-3-4-12-26/h5-10,13,15,28H,3-4,11-12,14,16H2,1-2H3. The van der Waals surface area contributed by atoms with Gasteiger partial charge < -0.3 is 14.2 Å². The molecule has 4 rings (SSSR count). The van der Waals surface area contributed by atoms with E-state index in [1.807, 2.05) is 30.5 Å². The minimum Gasteiger partial charge on any atom is -0.508 e. The monoisotopic (exact) mass is 469 g/mol. The predicted octanol–water partition coefficient (Wildman–Crippen LogP) is 2.69. The summed E-state index contributed by atoms with van der Waals surface area (Å²) in [6.45, 7) is 4.97. The largest absolute Gasteiger partial charge is 0.508 e. The number of hydrogen-bond donors (Lipinski definition) is 1. The maximum atomic E-state index is 13.1. The Hall–Kier alpha value is -3.17. The van der Waals surface area contributed by atoms with Crippen molar-refractivity contribution in [3.8, 4) is 5.75 Å². The smallest absolute Gasteiger partial charge is 0.251 e. The molecule has 1 N–H and O–H groups in total. The highest BCUT2D eigenvalue weighted by Crippen LogP contribution is 2.21. The second kappa shape index (κ2) is 8.99. The Labute approximate surface area is 192 Å². The molecule has 1 fully saturated rings. The second-order valence-electron chi connectivity index (χ2n) is 8.40. The van der Waals surface area contributed by atoms with Crippen LogP contribution in [-0.2, 0) is 23.1 Å². The van der Waals surface area contributed by atoms with Gasteiger partial charge in [0.2, 0.25) is 10.0 Å². The molecule has 0 unspecified atom stereocenters. The fraction of sp³-hybridized carbons (Fsp3) is 0.333. The maximum absolute atomic E-state index is 13.1. The van der Waals surface area contributed by atoms with Crippen molar-refractivity contribution in [2.24, 2.45) is 0 Å². The molecule has 2 aromatic heterocycles. The highest BCUT2D eigenvalue weighted by atomic mass is 32.2. The molecule has 1 aliphatic heterocycles. The molecule has 9 heteroatoms. The number of aromatic hydroxyl groups is 1. The van der Waals surface area contributed by atoms with Crippen molar-refractivity contribution in [3.05, 3.63) is 81.5 Å². The van der Waals surface area contributed by atoms with E-state index in [0.717, 1.165) is 34.4 Å². The molecular formula is C24H27N3O5S. The number of pyridine rings is 1. The zero-order valence-electron chi connectivity index (χ0n) is 18.7.